The van der Waals surface area contributed by atoms with E-state index in [0.717, 1.165) is 55.2 Å². The second kappa shape index (κ2) is 17.3. The van der Waals surface area contributed by atoms with Gasteiger partial charge in [-0.1, -0.05) is 77.1 Å². The third-order valence-electron chi connectivity index (χ3n) is 12.0. The number of carbonyl (C=O) groups excluding carboxylic acids is 1. The quantitative estimate of drug-likeness (QED) is 0.201. The number of hydrogen-bond acceptors (Lipinski definition) is 6. The molecule has 1 aliphatic carbocycles. The second-order valence-corrected chi connectivity index (χ2v) is 17.4. The van der Waals surface area contributed by atoms with Gasteiger partial charge in [-0.3, -0.25) is 14.4 Å². The van der Waals surface area contributed by atoms with Crippen molar-refractivity contribution < 1.29 is 9.53 Å². The number of aryl methyl sites for hydroxylation is 2. The Morgan fingerprint density at radius 2 is 1.88 bits per heavy atom. The number of piperazine rings is 1. The van der Waals surface area contributed by atoms with E-state index >= 15 is 0 Å². The van der Waals surface area contributed by atoms with E-state index < -0.39 is 0 Å². The van der Waals surface area contributed by atoms with Crippen molar-refractivity contribution in [2.75, 3.05) is 57.3 Å². The summed E-state index contributed by atoms with van der Waals surface area (Å²) in [5, 5.41) is 0.333. The summed E-state index contributed by atoms with van der Waals surface area (Å²) in [7, 11) is 0. The molecular weight excluding hydrogens is 625 g/mol. The fourth-order valence-electron chi connectivity index (χ4n) is 9.20. The van der Waals surface area contributed by atoms with Crippen molar-refractivity contribution in [1.29, 1.82) is 0 Å². The molecule has 0 radical (unpaired) electrons. The lowest BCUT2D eigenvalue weighted by atomic mass is 9.65. The summed E-state index contributed by atoms with van der Waals surface area (Å²) in [6.07, 6.45) is 13.0. The Morgan fingerprint density at radius 3 is 2.65 bits per heavy atom. The number of anilines is 1. The van der Waals surface area contributed by atoms with E-state index in [4.69, 9.17) is 4.74 Å². The van der Waals surface area contributed by atoms with E-state index in [-0.39, 0.29) is 11.8 Å². The topological polar surface area (TPSA) is 48.1 Å². The van der Waals surface area contributed by atoms with Crippen LogP contribution in [0.1, 0.15) is 118 Å². The van der Waals surface area contributed by atoms with Crippen LogP contribution in [0.2, 0.25) is 0 Å². The Labute approximate surface area is 302 Å². The molecule has 1 amide bonds. The van der Waals surface area contributed by atoms with Crippen LogP contribution >= 0.6 is 11.9 Å². The number of rotatable bonds is 14. The molecule has 2 saturated heterocycles. The summed E-state index contributed by atoms with van der Waals surface area (Å²) < 4.78 is 9.73. The van der Waals surface area contributed by atoms with E-state index in [0.29, 0.717) is 23.3 Å². The molecule has 0 aromatic heterocycles. The van der Waals surface area contributed by atoms with Crippen molar-refractivity contribution in [3.8, 4) is 5.75 Å². The molecule has 2 aromatic rings. The molecule has 49 heavy (non-hydrogen) atoms. The van der Waals surface area contributed by atoms with Crippen molar-refractivity contribution in [3.63, 3.8) is 0 Å². The largest absolute Gasteiger partial charge is 0.491 e. The highest BCUT2D eigenvalue weighted by atomic mass is 32.2. The van der Waals surface area contributed by atoms with Crippen LogP contribution in [0.4, 0.5) is 5.69 Å². The molecule has 2 aromatic carbocycles. The van der Waals surface area contributed by atoms with Gasteiger partial charge < -0.3 is 14.5 Å². The second-order valence-electron chi connectivity index (χ2n) is 16.0. The number of hydrogen-bond donors (Lipinski definition) is 1. The minimum Gasteiger partial charge on any atom is -0.491 e. The number of unbranched alkanes of at least 4 members (excludes halogenated alkanes) is 1. The minimum atomic E-state index is -0.0229. The van der Waals surface area contributed by atoms with Crippen LogP contribution in [-0.4, -0.2) is 79.4 Å². The maximum absolute atomic E-state index is 13.3. The lowest BCUT2D eigenvalue weighted by Gasteiger charge is -2.49. The van der Waals surface area contributed by atoms with Crippen LogP contribution in [-0.2, 0) is 6.42 Å². The maximum Gasteiger partial charge on any atom is 0.261 e. The molecule has 0 spiro atoms. The first-order chi connectivity index (χ1) is 23.8. The van der Waals surface area contributed by atoms with Gasteiger partial charge in [-0.05, 0) is 111 Å². The number of nitrogens with zero attached hydrogens (tertiary/aromatic N) is 3. The monoisotopic (exact) mass is 688 g/mol. The SMILES string of the molecule is CCCCC(CN1CCN2CCCCC2C1)[C@@H]1CCC1CN1CC(c2ccc(C)cc2CCC)COc2ccc(C(=O)NSC(C)C)cc21. The van der Waals surface area contributed by atoms with E-state index in [9.17, 15) is 4.79 Å². The lowest BCUT2D eigenvalue weighted by Crippen LogP contribution is -2.56. The zero-order valence-corrected chi connectivity index (χ0v) is 32.0. The van der Waals surface area contributed by atoms with E-state index in [2.05, 4.69) is 84.4 Å². The number of carbonyl (C=O) groups is 1. The minimum absolute atomic E-state index is 0.0229. The number of fused-ring (bicyclic) bond motifs is 2. The lowest BCUT2D eigenvalue weighted by molar-refractivity contribution is 0.0163. The summed E-state index contributed by atoms with van der Waals surface area (Å²) in [4.78, 5) is 21.5. The Hall–Kier alpha value is -2.22. The first kappa shape index (κ1) is 36.6. The highest BCUT2D eigenvalue weighted by molar-refractivity contribution is 7.98. The van der Waals surface area contributed by atoms with Crippen LogP contribution in [0, 0.1) is 24.7 Å². The fourth-order valence-corrected chi connectivity index (χ4v) is 9.66. The Morgan fingerprint density at radius 1 is 1.00 bits per heavy atom. The van der Waals surface area contributed by atoms with Crippen molar-refractivity contribution in [1.82, 2.24) is 14.5 Å². The molecular formula is C42H64N4O2S. The summed E-state index contributed by atoms with van der Waals surface area (Å²) in [6.45, 7) is 20.0. The van der Waals surface area contributed by atoms with Gasteiger partial charge in [0.15, 0.2) is 0 Å². The fraction of sp³-hybridized carbons (Fsp3) is 0.690. The maximum atomic E-state index is 13.3. The third-order valence-corrected chi connectivity index (χ3v) is 12.7. The number of nitrogens with one attached hydrogen (secondary N) is 1. The van der Waals surface area contributed by atoms with E-state index in [1.165, 1.54) is 113 Å². The molecule has 7 heteroatoms. The van der Waals surface area contributed by atoms with Gasteiger partial charge in [-0.15, -0.1) is 0 Å². The summed E-state index contributed by atoms with van der Waals surface area (Å²) in [5.74, 6) is 3.39. The van der Waals surface area contributed by atoms with Gasteiger partial charge in [-0.2, -0.15) is 0 Å². The summed E-state index contributed by atoms with van der Waals surface area (Å²) in [6, 6.07) is 13.9. The molecule has 0 bridgehead atoms. The summed E-state index contributed by atoms with van der Waals surface area (Å²) in [5.41, 5.74) is 6.04. The van der Waals surface area contributed by atoms with Crippen molar-refractivity contribution in [2.45, 2.75) is 116 Å². The van der Waals surface area contributed by atoms with Gasteiger partial charge in [0.1, 0.15) is 5.75 Å². The predicted octanol–water partition coefficient (Wildman–Crippen LogP) is 8.72. The molecule has 3 heterocycles. The number of piperidine rings is 1. The van der Waals surface area contributed by atoms with Crippen LogP contribution in [0.25, 0.3) is 0 Å². The van der Waals surface area contributed by atoms with E-state index in [1.807, 2.05) is 6.07 Å². The Kier molecular flexibility index (Phi) is 12.9. The molecule has 3 fully saturated rings. The molecule has 270 valence electrons. The van der Waals surface area contributed by atoms with Gasteiger partial charge in [0, 0.05) is 62.0 Å². The van der Waals surface area contributed by atoms with Gasteiger partial charge >= 0.3 is 0 Å². The third kappa shape index (κ3) is 9.18. The van der Waals surface area contributed by atoms with Gasteiger partial charge in [0.2, 0.25) is 0 Å². The highest BCUT2D eigenvalue weighted by Crippen LogP contribution is 2.45. The molecule has 4 aliphatic rings. The van der Waals surface area contributed by atoms with Crippen LogP contribution < -0.4 is 14.4 Å². The normalized spacial score (nSPS) is 25.1. The molecule has 5 atom stereocenters. The molecule has 3 aliphatic heterocycles. The first-order valence-corrected chi connectivity index (χ1v) is 20.7. The smallest absolute Gasteiger partial charge is 0.261 e. The molecule has 1 N–H and O–H groups in total. The molecule has 6 rings (SSSR count). The van der Waals surface area contributed by atoms with Gasteiger partial charge in [0.05, 0.1) is 12.3 Å². The van der Waals surface area contributed by atoms with Crippen molar-refractivity contribution in [3.05, 3.63) is 58.7 Å². The average molecular weight is 689 g/mol. The molecule has 6 nitrogen and oxygen atoms in total. The summed E-state index contributed by atoms with van der Waals surface area (Å²) >= 11 is 1.48. The first-order valence-electron chi connectivity index (χ1n) is 19.9. The van der Waals surface area contributed by atoms with Crippen LogP contribution in [0.3, 0.4) is 0 Å². The highest BCUT2D eigenvalue weighted by Gasteiger charge is 2.40. The number of ether oxygens (including phenoxy) is 1. The van der Waals surface area contributed by atoms with Crippen molar-refractivity contribution in [2.24, 2.45) is 17.8 Å². The van der Waals surface area contributed by atoms with Crippen LogP contribution in [0.5, 0.6) is 5.75 Å². The molecule has 4 unspecified atom stereocenters. The zero-order valence-electron chi connectivity index (χ0n) is 31.2. The van der Waals surface area contributed by atoms with Crippen LogP contribution in [0.15, 0.2) is 36.4 Å². The Balaban J connectivity index is 1.24. The van der Waals surface area contributed by atoms with E-state index in [1.54, 1.807) is 0 Å². The number of amides is 1. The Bertz CT molecular complexity index is 1380. The zero-order chi connectivity index (χ0) is 34.3. The predicted molar refractivity (Wildman–Crippen MR) is 207 cm³/mol. The van der Waals surface area contributed by atoms with Gasteiger partial charge in [-0.25, -0.2) is 0 Å². The number of benzene rings is 2. The standard InChI is InChI=1S/C42H64N4O2S/c1-6-8-12-34(25-44-21-22-45-20-10-9-13-37(45)28-44)39-18-15-35(39)26-46-27-36(38-17-14-31(5)23-32(38)11-7-2)29-48-41-19-16-33(24-40(41)46)42(47)43-49-30(3)4/h14,16-17,19,23-24,30,34-37,39H,6-13,15,18,20-22,25-29H2,1-5H3,(H,43,47)/t34?,35?,36?,37?,39-/m0/s1. The van der Waals surface area contributed by atoms with Gasteiger partial charge in [0.25, 0.3) is 5.91 Å². The van der Waals surface area contributed by atoms with Crippen molar-refractivity contribution >= 4 is 23.5 Å². The molecule has 1 saturated carbocycles. The average Bonchev–Trinajstić information content (AvgIpc) is 3.27.